The Labute approximate surface area is 237 Å². The molecule has 3 aliphatic heterocycles. The van der Waals surface area contributed by atoms with Crippen LogP contribution in [0.4, 0.5) is 13.2 Å². The van der Waals surface area contributed by atoms with Gasteiger partial charge in [-0.05, 0) is 78.8 Å². The summed E-state index contributed by atoms with van der Waals surface area (Å²) in [7, 11) is 0. The zero-order valence-corrected chi connectivity index (χ0v) is 23.0. The molecule has 1 spiro atoms. The number of alkyl halides is 3. The smallest absolute Gasteiger partial charge is 0.390 e. The number of aliphatic hydroxyl groups is 1. The fourth-order valence-corrected chi connectivity index (χ4v) is 7.12. The Morgan fingerprint density at radius 3 is 2.41 bits per heavy atom. The van der Waals surface area contributed by atoms with Crippen LogP contribution >= 0.6 is 0 Å². The molecule has 1 aliphatic carbocycles. The van der Waals surface area contributed by atoms with Crippen molar-refractivity contribution in [2.75, 3.05) is 39.3 Å². The molecule has 6 rings (SSSR count). The number of piperidine rings is 1. The summed E-state index contributed by atoms with van der Waals surface area (Å²) in [5.41, 5.74) is 4.40. The number of benzene rings is 2. The Bertz CT molecular complexity index is 1300. The number of hydrogen-bond donors (Lipinski definition) is 1. The molecule has 2 amide bonds. The number of β-amino-alcohol motifs (C(OH)–C–C–N with tert-alkyl or cyclic N) is 1. The molecule has 220 valence electrons. The number of carbonyl (C=O) groups excluding carboxylic acids is 2. The number of carbonyl (C=O) groups is 2. The molecule has 1 atom stereocenters. The van der Waals surface area contributed by atoms with Gasteiger partial charge >= 0.3 is 6.36 Å². The average Bonchev–Trinajstić information content (AvgIpc) is 2.93. The van der Waals surface area contributed by atoms with Gasteiger partial charge < -0.3 is 14.9 Å². The lowest BCUT2D eigenvalue weighted by Crippen LogP contribution is -2.52. The molecule has 2 fully saturated rings. The van der Waals surface area contributed by atoms with E-state index >= 15 is 0 Å². The summed E-state index contributed by atoms with van der Waals surface area (Å²) in [5, 5.41) is 10.8. The molecule has 0 aromatic heterocycles. The zero-order chi connectivity index (χ0) is 28.8. The molecule has 1 saturated carbocycles. The van der Waals surface area contributed by atoms with Crippen molar-refractivity contribution in [3.8, 4) is 0 Å². The van der Waals surface area contributed by atoms with Crippen LogP contribution in [0.3, 0.4) is 0 Å². The van der Waals surface area contributed by atoms with E-state index in [9.17, 15) is 27.9 Å². The first-order valence-electron chi connectivity index (χ1n) is 14.5. The lowest BCUT2D eigenvalue weighted by Gasteiger charge is -2.51. The molecule has 2 aromatic carbocycles. The Hall–Kier alpha value is -2.95. The van der Waals surface area contributed by atoms with Crippen molar-refractivity contribution in [2.24, 2.45) is 5.41 Å². The van der Waals surface area contributed by atoms with Gasteiger partial charge in [-0.3, -0.25) is 19.2 Å². The number of amides is 2. The number of fused-ring (bicyclic) bond motifs is 2. The first-order valence-corrected chi connectivity index (χ1v) is 14.5. The highest BCUT2D eigenvalue weighted by Gasteiger charge is 2.50. The molecular formula is C31H36F3N3O4. The highest BCUT2D eigenvalue weighted by Crippen LogP contribution is 2.51. The van der Waals surface area contributed by atoms with Gasteiger partial charge in [0.05, 0.1) is 12.2 Å². The largest absolute Gasteiger partial charge is 0.522 e. The maximum Gasteiger partial charge on any atom is 0.522 e. The van der Waals surface area contributed by atoms with E-state index in [1.807, 2.05) is 6.07 Å². The van der Waals surface area contributed by atoms with Crippen LogP contribution in [0.5, 0.6) is 0 Å². The highest BCUT2D eigenvalue weighted by molar-refractivity contribution is 6.00. The maximum absolute atomic E-state index is 13.2. The van der Waals surface area contributed by atoms with Gasteiger partial charge in [-0.15, -0.1) is 13.2 Å². The average molecular weight is 572 g/mol. The molecule has 1 unspecified atom stereocenters. The highest BCUT2D eigenvalue weighted by atomic mass is 19.4. The van der Waals surface area contributed by atoms with Crippen molar-refractivity contribution >= 4 is 11.8 Å². The second-order valence-electron chi connectivity index (χ2n) is 12.2. The predicted octanol–water partition coefficient (Wildman–Crippen LogP) is 4.03. The first-order chi connectivity index (χ1) is 19.6. The van der Waals surface area contributed by atoms with Crippen LogP contribution in [0, 0.1) is 5.41 Å². The third kappa shape index (κ3) is 6.15. The lowest BCUT2D eigenvalue weighted by molar-refractivity contribution is -0.360. The van der Waals surface area contributed by atoms with Crippen LogP contribution in [0.2, 0.25) is 0 Å². The fraction of sp³-hybridized carbons (Fsp3) is 0.548. The van der Waals surface area contributed by atoms with Crippen molar-refractivity contribution in [1.29, 1.82) is 0 Å². The predicted molar refractivity (Wildman–Crippen MR) is 145 cm³/mol. The SMILES string of the molecule is O=C(c1ccc2c(c1)CCN(CC(O)CN1CCc3ccccc3C1)C2=O)N1CCC2(CC1)CC(OC(F)(F)F)C2. The van der Waals surface area contributed by atoms with E-state index in [0.717, 1.165) is 25.1 Å². The van der Waals surface area contributed by atoms with Crippen molar-refractivity contribution in [1.82, 2.24) is 14.7 Å². The molecule has 3 heterocycles. The molecule has 1 N–H and O–H groups in total. The van der Waals surface area contributed by atoms with Crippen LogP contribution in [0.15, 0.2) is 42.5 Å². The van der Waals surface area contributed by atoms with E-state index in [2.05, 4.69) is 27.8 Å². The van der Waals surface area contributed by atoms with E-state index in [-0.39, 0.29) is 23.8 Å². The first kappa shape index (κ1) is 28.2. The minimum atomic E-state index is -4.60. The summed E-state index contributed by atoms with van der Waals surface area (Å²) < 4.78 is 41.6. The van der Waals surface area contributed by atoms with E-state index in [0.29, 0.717) is 69.4 Å². The van der Waals surface area contributed by atoms with Gasteiger partial charge in [-0.2, -0.15) is 0 Å². The number of rotatable bonds is 6. The number of nitrogens with zero attached hydrogens (tertiary/aromatic N) is 3. The molecule has 2 aromatic rings. The summed E-state index contributed by atoms with van der Waals surface area (Å²) in [6.45, 7) is 3.94. The summed E-state index contributed by atoms with van der Waals surface area (Å²) >= 11 is 0. The number of likely N-dealkylation sites (tertiary alicyclic amines) is 1. The van der Waals surface area contributed by atoms with Crippen LogP contribution in [-0.4, -0.2) is 89.5 Å². The Morgan fingerprint density at radius 1 is 0.976 bits per heavy atom. The van der Waals surface area contributed by atoms with Gasteiger partial charge in [0, 0.05) is 56.9 Å². The van der Waals surface area contributed by atoms with Gasteiger partial charge in [0.1, 0.15) is 0 Å². The number of ether oxygens (including phenoxy) is 1. The molecule has 0 radical (unpaired) electrons. The van der Waals surface area contributed by atoms with Gasteiger partial charge in [-0.25, -0.2) is 0 Å². The van der Waals surface area contributed by atoms with Crippen molar-refractivity contribution in [3.05, 3.63) is 70.3 Å². The second kappa shape index (κ2) is 11.0. The second-order valence-corrected chi connectivity index (χ2v) is 12.2. The summed E-state index contributed by atoms with van der Waals surface area (Å²) in [4.78, 5) is 32.2. The van der Waals surface area contributed by atoms with Crippen molar-refractivity contribution < 1.29 is 32.6 Å². The van der Waals surface area contributed by atoms with Crippen molar-refractivity contribution in [3.63, 3.8) is 0 Å². The maximum atomic E-state index is 13.2. The van der Waals surface area contributed by atoms with E-state index in [4.69, 9.17) is 0 Å². The molecular weight excluding hydrogens is 535 g/mol. The van der Waals surface area contributed by atoms with Crippen LogP contribution in [0.1, 0.15) is 63.1 Å². The van der Waals surface area contributed by atoms with Gasteiger partial charge in [0.25, 0.3) is 11.8 Å². The molecule has 4 aliphatic rings. The zero-order valence-electron chi connectivity index (χ0n) is 23.0. The topological polar surface area (TPSA) is 73.3 Å². The third-order valence-corrected chi connectivity index (χ3v) is 9.36. The van der Waals surface area contributed by atoms with E-state index in [1.54, 1.807) is 28.0 Å². The Morgan fingerprint density at radius 2 is 1.68 bits per heavy atom. The summed E-state index contributed by atoms with van der Waals surface area (Å²) in [5.74, 6) is -0.243. The summed E-state index contributed by atoms with van der Waals surface area (Å²) in [6, 6.07) is 13.6. The fourth-order valence-electron chi connectivity index (χ4n) is 7.12. The van der Waals surface area contributed by atoms with Crippen LogP contribution < -0.4 is 0 Å². The van der Waals surface area contributed by atoms with Crippen LogP contribution in [0.25, 0.3) is 0 Å². The third-order valence-electron chi connectivity index (χ3n) is 9.36. The molecule has 0 bridgehead atoms. The minimum absolute atomic E-state index is 0.113. The molecule has 41 heavy (non-hydrogen) atoms. The normalized spacial score (nSPS) is 21.8. The number of hydrogen-bond acceptors (Lipinski definition) is 5. The molecule has 7 nitrogen and oxygen atoms in total. The minimum Gasteiger partial charge on any atom is -0.390 e. The quantitative estimate of drug-likeness (QED) is 0.567. The van der Waals surface area contributed by atoms with Gasteiger partial charge in [0.15, 0.2) is 0 Å². The lowest BCUT2D eigenvalue weighted by atomic mass is 9.61. The van der Waals surface area contributed by atoms with E-state index < -0.39 is 18.6 Å². The molecule has 1 saturated heterocycles. The standard InChI is InChI=1S/C31H36F3N3O4/c32-31(33,34)41-26-16-30(17-26)9-13-36(14-10-30)28(39)23-5-6-27-22(15-23)8-12-37(29(27)40)20-25(38)19-35-11-7-21-3-1-2-4-24(21)18-35/h1-6,15,25-26,38H,7-14,16-20H2. The van der Waals surface area contributed by atoms with Gasteiger partial charge in [-0.1, -0.05) is 24.3 Å². The summed E-state index contributed by atoms with van der Waals surface area (Å²) in [6.07, 6.45) is -2.38. The Kier molecular flexibility index (Phi) is 7.59. The van der Waals surface area contributed by atoms with Crippen molar-refractivity contribution in [2.45, 2.75) is 63.6 Å². The monoisotopic (exact) mass is 571 g/mol. The Balaban J connectivity index is 1.00. The number of aliphatic hydroxyl groups excluding tert-OH is 1. The van der Waals surface area contributed by atoms with Crippen LogP contribution in [-0.2, 0) is 24.1 Å². The van der Waals surface area contributed by atoms with Gasteiger partial charge in [0.2, 0.25) is 0 Å². The molecule has 10 heteroatoms. The van der Waals surface area contributed by atoms with E-state index in [1.165, 1.54) is 11.1 Å². The number of halogens is 3.